The Labute approximate surface area is 122 Å². The third-order valence-corrected chi connectivity index (χ3v) is 3.62. The van der Waals surface area contributed by atoms with Crippen molar-refractivity contribution in [2.45, 2.75) is 31.8 Å². The highest BCUT2D eigenvalue weighted by Gasteiger charge is 2.26. The highest BCUT2D eigenvalue weighted by atomic mass is 16.6. The van der Waals surface area contributed by atoms with Crippen molar-refractivity contribution in [2.75, 3.05) is 19.0 Å². The molecule has 2 rings (SSSR count). The van der Waals surface area contributed by atoms with E-state index in [1.807, 2.05) is 0 Å². The Kier molecular flexibility index (Phi) is 4.42. The molecule has 0 heterocycles. The molecule has 0 saturated heterocycles. The summed E-state index contributed by atoms with van der Waals surface area (Å²) in [6.45, 7) is 1.54. The van der Waals surface area contributed by atoms with Crippen LogP contribution in [0.2, 0.25) is 0 Å². The smallest absolute Gasteiger partial charge is 0.293 e. The number of nitrogens with one attached hydrogen (secondary N) is 1. The van der Waals surface area contributed by atoms with Gasteiger partial charge >= 0.3 is 0 Å². The van der Waals surface area contributed by atoms with Crippen LogP contribution >= 0.6 is 0 Å². The zero-order valence-electron chi connectivity index (χ0n) is 12.1. The van der Waals surface area contributed by atoms with Crippen molar-refractivity contribution >= 4 is 17.3 Å². The number of nitro groups is 1. The summed E-state index contributed by atoms with van der Waals surface area (Å²) >= 11 is 0. The molecule has 2 N–H and O–H groups in total. The first kappa shape index (κ1) is 15.2. The number of anilines is 1. The Morgan fingerprint density at radius 3 is 2.76 bits per heavy atom. The number of nitro benzene ring substituents is 1. The second-order valence-electron chi connectivity index (χ2n) is 5.36. The number of hydrogen-bond acceptors (Lipinski definition) is 5. The van der Waals surface area contributed by atoms with Crippen LogP contribution in [-0.4, -0.2) is 46.6 Å². The van der Waals surface area contributed by atoms with Crippen molar-refractivity contribution in [1.29, 1.82) is 0 Å². The Hall–Kier alpha value is -2.15. The monoisotopic (exact) mass is 293 g/mol. The number of likely N-dealkylation sites (N-methyl/N-ethyl adjacent to an activating group) is 1. The van der Waals surface area contributed by atoms with Crippen molar-refractivity contribution in [2.24, 2.45) is 0 Å². The lowest BCUT2D eigenvalue weighted by Gasteiger charge is -2.23. The van der Waals surface area contributed by atoms with Gasteiger partial charge in [-0.25, -0.2) is 0 Å². The fourth-order valence-electron chi connectivity index (χ4n) is 1.91. The minimum atomic E-state index is -0.489. The Bertz CT molecular complexity index is 557. The van der Waals surface area contributed by atoms with Gasteiger partial charge in [0, 0.05) is 24.7 Å². The van der Waals surface area contributed by atoms with Crippen LogP contribution in [0.15, 0.2) is 18.2 Å². The van der Waals surface area contributed by atoms with Gasteiger partial charge in [-0.3, -0.25) is 14.9 Å². The van der Waals surface area contributed by atoms with Crippen LogP contribution < -0.4 is 5.32 Å². The molecule has 0 aliphatic heterocycles. The quantitative estimate of drug-likeness (QED) is 0.614. The molecule has 0 aromatic heterocycles. The van der Waals surface area contributed by atoms with E-state index < -0.39 is 4.92 Å². The van der Waals surface area contributed by atoms with Crippen molar-refractivity contribution in [3.63, 3.8) is 0 Å². The van der Waals surface area contributed by atoms with Gasteiger partial charge in [0.2, 0.25) is 0 Å². The maximum Gasteiger partial charge on any atom is 0.293 e. The fraction of sp³-hybridized carbons (Fsp3) is 0.500. The van der Waals surface area contributed by atoms with Gasteiger partial charge in [-0.05, 0) is 31.9 Å². The number of amides is 1. The van der Waals surface area contributed by atoms with E-state index >= 15 is 0 Å². The van der Waals surface area contributed by atoms with Gasteiger partial charge in [-0.1, -0.05) is 0 Å². The predicted molar refractivity (Wildman–Crippen MR) is 78.4 cm³/mol. The zero-order valence-corrected chi connectivity index (χ0v) is 12.1. The van der Waals surface area contributed by atoms with E-state index in [2.05, 4.69) is 5.32 Å². The van der Waals surface area contributed by atoms with Crippen LogP contribution in [0.1, 0.15) is 30.1 Å². The molecule has 1 aliphatic carbocycles. The van der Waals surface area contributed by atoms with Gasteiger partial charge in [0.05, 0.1) is 17.6 Å². The predicted octanol–water partition coefficient (Wildman–Crippen LogP) is 1.62. The molecule has 0 bridgehead atoms. The van der Waals surface area contributed by atoms with Crippen molar-refractivity contribution in [1.82, 2.24) is 4.90 Å². The topological polar surface area (TPSA) is 95.7 Å². The molecule has 1 saturated carbocycles. The van der Waals surface area contributed by atoms with E-state index in [9.17, 15) is 14.9 Å². The Morgan fingerprint density at radius 1 is 1.57 bits per heavy atom. The van der Waals surface area contributed by atoms with Crippen molar-refractivity contribution < 1.29 is 14.8 Å². The van der Waals surface area contributed by atoms with E-state index in [1.165, 1.54) is 11.0 Å². The molecule has 1 unspecified atom stereocenters. The molecule has 1 aromatic rings. The number of carbonyl (C=O) groups excluding carboxylic acids is 1. The summed E-state index contributed by atoms with van der Waals surface area (Å²) in [5.74, 6) is -0.349. The third-order valence-electron chi connectivity index (χ3n) is 3.62. The first-order chi connectivity index (χ1) is 9.93. The number of hydrogen-bond donors (Lipinski definition) is 2. The van der Waals surface area contributed by atoms with Gasteiger partial charge in [0.1, 0.15) is 5.69 Å². The molecule has 1 amide bonds. The third kappa shape index (κ3) is 3.49. The van der Waals surface area contributed by atoms with Crippen LogP contribution in [0, 0.1) is 10.1 Å². The molecule has 21 heavy (non-hydrogen) atoms. The maximum absolute atomic E-state index is 12.2. The van der Waals surface area contributed by atoms with Crippen LogP contribution in [-0.2, 0) is 0 Å². The molecular weight excluding hydrogens is 274 g/mol. The second-order valence-corrected chi connectivity index (χ2v) is 5.36. The minimum absolute atomic E-state index is 0.0993. The molecule has 0 spiro atoms. The van der Waals surface area contributed by atoms with Gasteiger partial charge in [0.25, 0.3) is 11.6 Å². The zero-order chi connectivity index (χ0) is 15.6. The lowest BCUT2D eigenvalue weighted by atomic mass is 10.1. The highest BCUT2D eigenvalue weighted by molar-refractivity contribution is 5.95. The van der Waals surface area contributed by atoms with E-state index in [-0.39, 0.29) is 29.8 Å². The number of benzene rings is 1. The molecule has 7 heteroatoms. The summed E-state index contributed by atoms with van der Waals surface area (Å²) < 4.78 is 0. The van der Waals surface area contributed by atoms with E-state index in [4.69, 9.17) is 5.11 Å². The molecule has 7 nitrogen and oxygen atoms in total. The normalized spacial score (nSPS) is 15.4. The van der Waals surface area contributed by atoms with Crippen LogP contribution in [0.4, 0.5) is 11.4 Å². The van der Waals surface area contributed by atoms with Gasteiger partial charge < -0.3 is 15.3 Å². The molecule has 0 radical (unpaired) electrons. The standard InChI is InChI=1S/C14H19N3O4/c1-9(8-18)16(2)14(19)10-3-6-12(15-11-4-5-11)13(7-10)17(20)21/h3,6-7,9,11,15,18H,4-5,8H2,1-2H3. The average Bonchev–Trinajstić information content (AvgIpc) is 3.29. The molecule has 1 atom stereocenters. The molecule has 1 aromatic carbocycles. The number of aliphatic hydroxyl groups excluding tert-OH is 1. The fourth-order valence-corrected chi connectivity index (χ4v) is 1.91. The first-order valence-corrected chi connectivity index (χ1v) is 6.87. The Morgan fingerprint density at radius 2 is 2.24 bits per heavy atom. The minimum Gasteiger partial charge on any atom is -0.394 e. The van der Waals surface area contributed by atoms with Gasteiger partial charge in [-0.15, -0.1) is 0 Å². The second kappa shape index (κ2) is 6.09. The van der Waals surface area contributed by atoms with Crippen molar-refractivity contribution in [3.8, 4) is 0 Å². The molecule has 1 fully saturated rings. The van der Waals surface area contributed by atoms with E-state index in [1.54, 1.807) is 26.1 Å². The van der Waals surface area contributed by atoms with Gasteiger partial charge in [0.15, 0.2) is 0 Å². The molecule has 114 valence electrons. The number of rotatable bonds is 6. The van der Waals surface area contributed by atoms with Crippen LogP contribution in [0.5, 0.6) is 0 Å². The number of carbonyl (C=O) groups is 1. The summed E-state index contributed by atoms with van der Waals surface area (Å²) in [6.07, 6.45) is 2.02. The SMILES string of the molecule is CC(CO)N(C)C(=O)c1ccc(NC2CC2)c([N+](=O)[O-])c1. The molecule has 1 aliphatic rings. The highest BCUT2D eigenvalue weighted by Crippen LogP contribution is 2.31. The largest absolute Gasteiger partial charge is 0.394 e. The molecular formula is C14H19N3O4. The number of nitrogens with zero attached hydrogens (tertiary/aromatic N) is 2. The van der Waals surface area contributed by atoms with E-state index in [0.717, 1.165) is 12.8 Å². The first-order valence-electron chi connectivity index (χ1n) is 6.87. The summed E-state index contributed by atoms with van der Waals surface area (Å²) in [4.78, 5) is 24.3. The van der Waals surface area contributed by atoms with Crippen LogP contribution in [0.25, 0.3) is 0 Å². The summed E-state index contributed by atoms with van der Waals surface area (Å²) in [5, 5.41) is 23.3. The number of aliphatic hydroxyl groups is 1. The van der Waals surface area contributed by atoms with Crippen molar-refractivity contribution in [3.05, 3.63) is 33.9 Å². The Balaban J connectivity index is 2.26. The lowest BCUT2D eigenvalue weighted by molar-refractivity contribution is -0.384. The summed E-state index contributed by atoms with van der Waals surface area (Å²) in [7, 11) is 1.56. The summed E-state index contributed by atoms with van der Waals surface area (Å²) in [5.41, 5.74) is 0.584. The lowest BCUT2D eigenvalue weighted by Crippen LogP contribution is -2.37. The summed E-state index contributed by atoms with van der Waals surface area (Å²) in [6, 6.07) is 4.37. The average molecular weight is 293 g/mol. The van der Waals surface area contributed by atoms with E-state index in [0.29, 0.717) is 11.7 Å². The van der Waals surface area contributed by atoms with Crippen LogP contribution in [0.3, 0.4) is 0 Å². The maximum atomic E-state index is 12.2. The van der Waals surface area contributed by atoms with Gasteiger partial charge in [-0.2, -0.15) is 0 Å².